The molecular formula is C19H20N2O4S2. The van der Waals surface area contributed by atoms with Crippen LogP contribution in [0, 0.1) is 0 Å². The molecule has 0 atom stereocenters. The molecule has 0 unspecified atom stereocenters. The zero-order valence-corrected chi connectivity index (χ0v) is 16.7. The van der Waals surface area contributed by atoms with Gasteiger partial charge in [0.05, 0.1) is 21.7 Å². The molecule has 6 nitrogen and oxygen atoms in total. The third kappa shape index (κ3) is 4.28. The van der Waals surface area contributed by atoms with Gasteiger partial charge in [0.25, 0.3) is 5.91 Å². The molecule has 0 aliphatic rings. The number of sulfone groups is 1. The average molecular weight is 405 g/mol. The fourth-order valence-corrected chi connectivity index (χ4v) is 4.98. The lowest BCUT2D eigenvalue weighted by atomic mass is 10.3. The molecule has 3 aromatic rings. The molecule has 1 aromatic heterocycles. The second-order valence-corrected chi connectivity index (χ2v) is 8.77. The van der Waals surface area contributed by atoms with Gasteiger partial charge in [0.2, 0.25) is 0 Å². The van der Waals surface area contributed by atoms with Crippen molar-refractivity contribution < 1.29 is 17.9 Å². The van der Waals surface area contributed by atoms with Crippen LogP contribution in [-0.4, -0.2) is 31.3 Å². The standard InChI is InChI=1S/C19H20N2O4S2/c1-3-21-16-11-10-14(25-4-2)12-17(16)26-19(21)20-18(22)13-27(23,24)15-8-6-5-7-9-15/h5-12H,3-4,13H2,1-2H3. The number of thiazole rings is 1. The van der Waals surface area contributed by atoms with Crippen LogP contribution >= 0.6 is 11.3 Å². The molecule has 0 aliphatic heterocycles. The van der Waals surface area contributed by atoms with E-state index in [1.54, 1.807) is 18.2 Å². The smallest absolute Gasteiger partial charge is 0.263 e. The molecule has 0 bridgehead atoms. The average Bonchev–Trinajstić information content (AvgIpc) is 2.98. The topological polar surface area (TPSA) is 77.7 Å². The summed E-state index contributed by atoms with van der Waals surface area (Å²) in [6, 6.07) is 13.6. The van der Waals surface area contributed by atoms with E-state index in [0.717, 1.165) is 16.0 Å². The minimum atomic E-state index is -3.71. The summed E-state index contributed by atoms with van der Waals surface area (Å²) in [4.78, 5) is 17.0. The van der Waals surface area contributed by atoms with Gasteiger partial charge in [-0.3, -0.25) is 4.79 Å². The maximum atomic E-state index is 12.4. The van der Waals surface area contributed by atoms with Crippen LogP contribution in [0.3, 0.4) is 0 Å². The molecule has 0 radical (unpaired) electrons. The molecular weight excluding hydrogens is 384 g/mol. The van der Waals surface area contributed by atoms with E-state index in [9.17, 15) is 13.2 Å². The van der Waals surface area contributed by atoms with Gasteiger partial charge < -0.3 is 9.30 Å². The molecule has 142 valence electrons. The lowest BCUT2D eigenvalue weighted by Crippen LogP contribution is -2.20. The number of ether oxygens (including phenoxy) is 1. The Labute approximate surface area is 161 Å². The maximum Gasteiger partial charge on any atom is 0.263 e. The molecule has 0 aliphatic carbocycles. The SMILES string of the molecule is CCOc1ccc2c(c1)sc(=NC(=O)CS(=O)(=O)c1ccccc1)n2CC. The third-order valence-electron chi connectivity index (χ3n) is 3.92. The van der Waals surface area contributed by atoms with E-state index in [0.29, 0.717) is 18.0 Å². The number of aromatic nitrogens is 1. The van der Waals surface area contributed by atoms with Crippen molar-refractivity contribution in [2.24, 2.45) is 4.99 Å². The first-order valence-corrected chi connectivity index (χ1v) is 11.0. The van der Waals surface area contributed by atoms with Gasteiger partial charge in [0.15, 0.2) is 14.6 Å². The van der Waals surface area contributed by atoms with Crippen LogP contribution in [0.5, 0.6) is 5.75 Å². The molecule has 1 heterocycles. The molecule has 0 N–H and O–H groups in total. The Morgan fingerprint density at radius 3 is 2.56 bits per heavy atom. The van der Waals surface area contributed by atoms with Crippen LogP contribution in [0.2, 0.25) is 0 Å². The Morgan fingerprint density at radius 2 is 1.89 bits per heavy atom. The number of rotatable bonds is 6. The fraction of sp³-hybridized carbons (Fsp3) is 0.263. The Bertz CT molecular complexity index is 1130. The summed E-state index contributed by atoms with van der Waals surface area (Å²) in [5.74, 6) is -0.587. The van der Waals surface area contributed by atoms with Gasteiger partial charge in [0.1, 0.15) is 11.5 Å². The predicted octanol–water partition coefficient (Wildman–Crippen LogP) is 3.02. The second kappa shape index (κ2) is 8.06. The van der Waals surface area contributed by atoms with Crippen molar-refractivity contribution in [3.05, 3.63) is 53.3 Å². The second-order valence-electron chi connectivity index (χ2n) is 5.77. The van der Waals surface area contributed by atoms with Crippen molar-refractivity contribution in [2.45, 2.75) is 25.3 Å². The minimum Gasteiger partial charge on any atom is -0.494 e. The summed E-state index contributed by atoms with van der Waals surface area (Å²) in [6.45, 7) is 5.05. The van der Waals surface area contributed by atoms with Crippen molar-refractivity contribution >= 4 is 37.3 Å². The maximum absolute atomic E-state index is 12.4. The van der Waals surface area contributed by atoms with E-state index in [-0.39, 0.29) is 4.90 Å². The number of carbonyl (C=O) groups is 1. The van der Waals surface area contributed by atoms with Crippen LogP contribution in [0.4, 0.5) is 0 Å². The molecule has 2 aromatic carbocycles. The van der Waals surface area contributed by atoms with Gasteiger partial charge in [-0.2, -0.15) is 4.99 Å². The Kier molecular flexibility index (Phi) is 5.76. The van der Waals surface area contributed by atoms with Gasteiger partial charge >= 0.3 is 0 Å². The number of benzene rings is 2. The van der Waals surface area contributed by atoms with Gasteiger partial charge in [-0.1, -0.05) is 29.5 Å². The monoisotopic (exact) mass is 404 g/mol. The Balaban J connectivity index is 1.96. The fourth-order valence-electron chi connectivity index (χ4n) is 2.71. The summed E-state index contributed by atoms with van der Waals surface area (Å²) >= 11 is 1.34. The molecule has 3 rings (SSSR count). The summed E-state index contributed by atoms with van der Waals surface area (Å²) in [6.07, 6.45) is 0. The number of aryl methyl sites for hydroxylation is 1. The van der Waals surface area contributed by atoms with E-state index in [4.69, 9.17) is 4.74 Å². The highest BCUT2D eigenvalue weighted by molar-refractivity contribution is 7.92. The van der Waals surface area contributed by atoms with Crippen LogP contribution in [0.25, 0.3) is 10.2 Å². The normalized spacial score (nSPS) is 12.4. The number of nitrogens with zero attached hydrogens (tertiary/aromatic N) is 2. The van der Waals surface area contributed by atoms with Crippen molar-refractivity contribution in [3.63, 3.8) is 0 Å². The predicted molar refractivity (Wildman–Crippen MR) is 106 cm³/mol. The van der Waals surface area contributed by atoms with E-state index in [2.05, 4.69) is 4.99 Å². The lowest BCUT2D eigenvalue weighted by Gasteiger charge is -2.04. The van der Waals surface area contributed by atoms with Crippen LogP contribution < -0.4 is 9.54 Å². The number of hydrogen-bond acceptors (Lipinski definition) is 5. The van der Waals surface area contributed by atoms with Crippen molar-refractivity contribution in [1.29, 1.82) is 0 Å². The lowest BCUT2D eigenvalue weighted by molar-refractivity contribution is -0.115. The van der Waals surface area contributed by atoms with Crippen molar-refractivity contribution in [2.75, 3.05) is 12.4 Å². The Hall–Kier alpha value is -2.45. The molecule has 8 heteroatoms. The highest BCUT2D eigenvalue weighted by Gasteiger charge is 2.19. The summed E-state index contributed by atoms with van der Waals surface area (Å²) in [7, 11) is -3.71. The van der Waals surface area contributed by atoms with E-state index < -0.39 is 21.5 Å². The van der Waals surface area contributed by atoms with E-state index in [1.165, 1.54) is 23.5 Å². The van der Waals surface area contributed by atoms with Gasteiger partial charge in [-0.25, -0.2) is 8.42 Å². The summed E-state index contributed by atoms with van der Waals surface area (Å²) in [5, 5.41) is 0. The van der Waals surface area contributed by atoms with Crippen LogP contribution in [0.1, 0.15) is 13.8 Å². The largest absolute Gasteiger partial charge is 0.494 e. The van der Waals surface area contributed by atoms with Gasteiger partial charge in [-0.15, -0.1) is 0 Å². The molecule has 1 amide bonds. The van der Waals surface area contributed by atoms with Crippen molar-refractivity contribution in [3.8, 4) is 5.75 Å². The zero-order chi connectivity index (χ0) is 19.4. The number of amides is 1. The minimum absolute atomic E-state index is 0.120. The molecule has 0 saturated carbocycles. The van der Waals surface area contributed by atoms with E-state index in [1.807, 2.05) is 36.6 Å². The number of carbonyl (C=O) groups excluding carboxylic acids is 1. The highest BCUT2D eigenvalue weighted by Crippen LogP contribution is 2.23. The number of fused-ring (bicyclic) bond motifs is 1. The summed E-state index contributed by atoms with van der Waals surface area (Å²) in [5.41, 5.74) is 0.934. The first-order valence-electron chi connectivity index (χ1n) is 8.56. The number of hydrogen-bond donors (Lipinski definition) is 0. The highest BCUT2D eigenvalue weighted by atomic mass is 32.2. The van der Waals surface area contributed by atoms with E-state index >= 15 is 0 Å². The molecule has 0 saturated heterocycles. The zero-order valence-electron chi connectivity index (χ0n) is 15.1. The molecule has 0 fully saturated rings. The Morgan fingerprint density at radius 1 is 1.15 bits per heavy atom. The quantitative estimate of drug-likeness (QED) is 0.633. The van der Waals surface area contributed by atoms with Gasteiger partial charge in [0, 0.05) is 6.54 Å². The van der Waals surface area contributed by atoms with Crippen molar-refractivity contribution in [1.82, 2.24) is 4.57 Å². The molecule has 27 heavy (non-hydrogen) atoms. The first kappa shape index (κ1) is 19.3. The van der Waals surface area contributed by atoms with Crippen LogP contribution in [-0.2, 0) is 21.2 Å². The van der Waals surface area contributed by atoms with Gasteiger partial charge in [-0.05, 0) is 44.2 Å². The summed E-state index contributed by atoms with van der Waals surface area (Å²) < 4.78 is 33.1. The first-order chi connectivity index (χ1) is 12.9. The third-order valence-corrected chi connectivity index (χ3v) is 6.58. The van der Waals surface area contributed by atoms with Crippen LogP contribution in [0.15, 0.2) is 58.4 Å². The molecule has 0 spiro atoms.